The predicted molar refractivity (Wildman–Crippen MR) is 115 cm³/mol. The highest BCUT2D eigenvalue weighted by Gasteiger charge is 2.19. The average molecular weight is 413 g/mol. The molecule has 3 aromatic rings. The highest BCUT2D eigenvalue weighted by molar-refractivity contribution is 6.30. The lowest BCUT2D eigenvalue weighted by Gasteiger charge is -2.21. The monoisotopic (exact) mass is 412 g/mol. The van der Waals surface area contributed by atoms with Gasteiger partial charge < -0.3 is 14.7 Å². The maximum absolute atomic E-state index is 12.7. The van der Waals surface area contributed by atoms with Crippen molar-refractivity contribution in [3.8, 4) is 0 Å². The van der Waals surface area contributed by atoms with Crippen molar-refractivity contribution in [1.82, 2.24) is 15.0 Å². The molecule has 0 saturated heterocycles. The zero-order chi connectivity index (χ0) is 20.2. The number of hydrogen-bond acceptors (Lipinski definition) is 5. The fourth-order valence-electron chi connectivity index (χ4n) is 3.94. The van der Waals surface area contributed by atoms with E-state index in [1.54, 1.807) is 6.20 Å². The molecule has 2 N–H and O–H groups in total. The average Bonchev–Trinajstić information content (AvgIpc) is 3.11. The number of pyridine rings is 1. The maximum Gasteiger partial charge on any atom is 0.360 e. The van der Waals surface area contributed by atoms with Crippen LogP contribution in [0.2, 0.25) is 5.02 Å². The minimum Gasteiger partial charge on any atom is -0.367 e. The van der Waals surface area contributed by atoms with E-state index in [-0.39, 0.29) is 0 Å². The summed E-state index contributed by atoms with van der Waals surface area (Å²) in [5.74, 6) is 0.818. The molecule has 1 aliphatic carbocycles. The molecule has 1 aromatic carbocycles. The number of nitrogens with one attached hydrogen (secondary N) is 2. The molecule has 0 aliphatic heterocycles. The number of rotatable bonds is 6. The number of carbonyl (C=O) groups is 1. The standard InChI is InChI=1S/C22H25ClN4O2/c1-27-11-10-18-20(27)19(22(28)29-25-13-15-6-3-2-4-7-15)14-24-21(18)26-17-9-5-8-16(23)12-17/h5,8-12,14-15,25H,2-4,6-7,13H2,1H3,(H,24,26). The summed E-state index contributed by atoms with van der Waals surface area (Å²) in [5.41, 5.74) is 4.91. The molecule has 1 saturated carbocycles. The molecule has 2 heterocycles. The summed E-state index contributed by atoms with van der Waals surface area (Å²) in [7, 11) is 1.90. The zero-order valence-electron chi connectivity index (χ0n) is 16.5. The van der Waals surface area contributed by atoms with Crippen LogP contribution < -0.4 is 10.8 Å². The van der Waals surface area contributed by atoms with Crippen LogP contribution in [-0.2, 0) is 11.9 Å². The van der Waals surface area contributed by atoms with Crippen LogP contribution in [0.3, 0.4) is 0 Å². The van der Waals surface area contributed by atoms with Crippen molar-refractivity contribution in [3.63, 3.8) is 0 Å². The molecule has 29 heavy (non-hydrogen) atoms. The van der Waals surface area contributed by atoms with Gasteiger partial charge in [-0.3, -0.25) is 0 Å². The van der Waals surface area contributed by atoms with Gasteiger partial charge in [-0.25, -0.2) is 9.78 Å². The number of halogens is 1. The van der Waals surface area contributed by atoms with Crippen molar-refractivity contribution in [2.45, 2.75) is 32.1 Å². The van der Waals surface area contributed by atoms with E-state index in [1.165, 1.54) is 32.1 Å². The van der Waals surface area contributed by atoms with Gasteiger partial charge in [0.2, 0.25) is 0 Å². The quantitative estimate of drug-likeness (QED) is 0.544. The molecule has 0 radical (unpaired) electrons. The van der Waals surface area contributed by atoms with Crippen LogP contribution in [0.15, 0.2) is 42.7 Å². The van der Waals surface area contributed by atoms with Crippen LogP contribution in [0, 0.1) is 5.92 Å². The number of hydrogen-bond donors (Lipinski definition) is 2. The van der Waals surface area contributed by atoms with Gasteiger partial charge >= 0.3 is 5.97 Å². The van der Waals surface area contributed by atoms with Gasteiger partial charge in [-0.1, -0.05) is 36.9 Å². The van der Waals surface area contributed by atoms with E-state index in [4.69, 9.17) is 16.4 Å². The summed E-state index contributed by atoms with van der Waals surface area (Å²) in [6.45, 7) is 0.698. The molecule has 0 bridgehead atoms. The molecular formula is C22H25ClN4O2. The van der Waals surface area contributed by atoms with Crippen LogP contribution in [-0.4, -0.2) is 22.1 Å². The van der Waals surface area contributed by atoms with Gasteiger partial charge in [0.15, 0.2) is 0 Å². The molecule has 0 spiro atoms. The van der Waals surface area contributed by atoms with E-state index in [2.05, 4.69) is 15.8 Å². The molecule has 7 heteroatoms. The molecule has 1 fully saturated rings. The largest absolute Gasteiger partial charge is 0.367 e. The Morgan fingerprint density at radius 1 is 1.28 bits per heavy atom. The Hall–Kier alpha value is -2.57. The maximum atomic E-state index is 12.7. The Morgan fingerprint density at radius 2 is 2.10 bits per heavy atom. The lowest BCUT2D eigenvalue weighted by molar-refractivity contribution is 0.0211. The van der Waals surface area contributed by atoms with E-state index in [0.717, 1.165) is 16.6 Å². The molecule has 0 amide bonds. The van der Waals surface area contributed by atoms with Crippen LogP contribution in [0.25, 0.3) is 10.9 Å². The summed E-state index contributed by atoms with van der Waals surface area (Å²) in [6, 6.07) is 9.37. The molecule has 0 unspecified atom stereocenters. The third-order valence-corrected chi connectivity index (χ3v) is 5.71. The number of nitrogens with zero attached hydrogens (tertiary/aromatic N) is 2. The van der Waals surface area contributed by atoms with Gasteiger partial charge in [0, 0.05) is 42.1 Å². The highest BCUT2D eigenvalue weighted by Crippen LogP contribution is 2.29. The second-order valence-electron chi connectivity index (χ2n) is 7.59. The molecule has 0 atom stereocenters. The van der Waals surface area contributed by atoms with Gasteiger partial charge in [-0.05, 0) is 43.0 Å². The van der Waals surface area contributed by atoms with Gasteiger partial charge in [0.1, 0.15) is 11.4 Å². The van der Waals surface area contributed by atoms with Crippen molar-refractivity contribution in [2.24, 2.45) is 13.0 Å². The molecular weight excluding hydrogens is 388 g/mol. The number of benzene rings is 1. The zero-order valence-corrected chi connectivity index (χ0v) is 17.2. The summed E-state index contributed by atoms with van der Waals surface area (Å²) in [4.78, 5) is 22.5. The Kier molecular flexibility index (Phi) is 6.02. The second kappa shape index (κ2) is 8.84. The van der Waals surface area contributed by atoms with Crippen molar-refractivity contribution >= 4 is 40.0 Å². The lowest BCUT2D eigenvalue weighted by atomic mass is 9.89. The van der Waals surface area contributed by atoms with E-state index < -0.39 is 5.97 Å². The predicted octanol–water partition coefficient (Wildman–Crippen LogP) is 5.21. The van der Waals surface area contributed by atoms with Gasteiger partial charge in [0.05, 0.1) is 5.52 Å². The highest BCUT2D eigenvalue weighted by atomic mass is 35.5. The van der Waals surface area contributed by atoms with Crippen molar-refractivity contribution in [2.75, 3.05) is 11.9 Å². The molecule has 4 rings (SSSR count). The molecule has 2 aromatic heterocycles. The van der Waals surface area contributed by atoms with Crippen molar-refractivity contribution in [1.29, 1.82) is 0 Å². The van der Waals surface area contributed by atoms with Gasteiger partial charge in [0.25, 0.3) is 0 Å². The topological polar surface area (TPSA) is 68.2 Å². The summed E-state index contributed by atoms with van der Waals surface area (Å²) < 4.78 is 1.90. The summed E-state index contributed by atoms with van der Waals surface area (Å²) >= 11 is 6.07. The molecule has 1 aliphatic rings. The number of fused-ring (bicyclic) bond motifs is 1. The van der Waals surface area contributed by atoms with Crippen molar-refractivity contribution in [3.05, 3.63) is 53.3 Å². The van der Waals surface area contributed by atoms with Crippen LogP contribution in [0.1, 0.15) is 42.5 Å². The summed E-state index contributed by atoms with van der Waals surface area (Å²) in [5, 5.41) is 4.76. The Balaban J connectivity index is 1.51. The van der Waals surface area contributed by atoms with Crippen LogP contribution in [0.5, 0.6) is 0 Å². The molecule has 152 valence electrons. The van der Waals surface area contributed by atoms with Crippen molar-refractivity contribution < 1.29 is 9.63 Å². The van der Waals surface area contributed by atoms with Gasteiger partial charge in [-0.2, -0.15) is 5.48 Å². The number of aromatic nitrogens is 2. The van der Waals surface area contributed by atoms with E-state index >= 15 is 0 Å². The first-order chi connectivity index (χ1) is 14.1. The molecule has 6 nitrogen and oxygen atoms in total. The SMILES string of the molecule is Cn1ccc2c(Nc3cccc(Cl)c3)ncc(C(=O)ONCC3CCCCC3)c21. The fourth-order valence-corrected chi connectivity index (χ4v) is 4.13. The third kappa shape index (κ3) is 4.54. The second-order valence-corrected chi connectivity index (χ2v) is 8.02. The Morgan fingerprint density at radius 3 is 2.90 bits per heavy atom. The Bertz CT molecular complexity index is 1010. The number of carbonyl (C=O) groups excluding carboxylic acids is 1. The Labute approximate surface area is 175 Å². The van der Waals surface area contributed by atoms with E-state index in [0.29, 0.717) is 28.9 Å². The van der Waals surface area contributed by atoms with E-state index in [1.807, 2.05) is 48.1 Å². The smallest absolute Gasteiger partial charge is 0.360 e. The number of anilines is 2. The third-order valence-electron chi connectivity index (χ3n) is 5.47. The number of hydroxylamine groups is 1. The first-order valence-corrected chi connectivity index (χ1v) is 10.4. The minimum absolute atomic E-state index is 0.422. The number of aryl methyl sites for hydroxylation is 1. The van der Waals surface area contributed by atoms with Crippen LogP contribution in [0.4, 0.5) is 11.5 Å². The summed E-state index contributed by atoms with van der Waals surface area (Å²) in [6.07, 6.45) is 9.67. The first kappa shape index (κ1) is 19.7. The van der Waals surface area contributed by atoms with Gasteiger partial charge in [-0.15, -0.1) is 0 Å². The normalized spacial score (nSPS) is 14.8. The fraction of sp³-hybridized carbons (Fsp3) is 0.364. The van der Waals surface area contributed by atoms with Crippen LogP contribution >= 0.6 is 11.6 Å². The minimum atomic E-state index is -0.422. The first-order valence-electron chi connectivity index (χ1n) is 10.0. The lowest BCUT2D eigenvalue weighted by Crippen LogP contribution is -2.27. The van der Waals surface area contributed by atoms with E-state index in [9.17, 15) is 4.79 Å².